The standard InChI is InChI=1S/C14H18N4O2.ClH/c1-9-2-3-13(20-9)11-6-12(17-16-11)14(19)18-5-4-10(7-15)8-18;/h2-3,6,10H,4-5,7-8,15H2,1H3,(H,16,17);1H. The summed E-state index contributed by atoms with van der Waals surface area (Å²) in [5, 5.41) is 6.94. The Morgan fingerprint density at radius 3 is 3.00 bits per heavy atom. The highest BCUT2D eigenvalue weighted by molar-refractivity contribution is 5.93. The summed E-state index contributed by atoms with van der Waals surface area (Å²) in [6.07, 6.45) is 0.969. The predicted octanol–water partition coefficient (Wildman–Crippen LogP) is 1.82. The second kappa shape index (κ2) is 6.32. The summed E-state index contributed by atoms with van der Waals surface area (Å²) in [4.78, 5) is 14.1. The highest BCUT2D eigenvalue weighted by Gasteiger charge is 2.27. The lowest BCUT2D eigenvalue weighted by molar-refractivity contribution is 0.0782. The molecule has 2 aromatic heterocycles. The number of aromatic nitrogens is 2. The van der Waals surface area contributed by atoms with Crippen molar-refractivity contribution < 1.29 is 9.21 Å². The third-order valence-corrected chi connectivity index (χ3v) is 3.71. The molecule has 0 bridgehead atoms. The van der Waals surface area contributed by atoms with Gasteiger partial charge in [-0.05, 0) is 37.9 Å². The SMILES string of the molecule is Cc1ccc(-c2cc(C(=O)N3CCC(CN)C3)n[nH]2)o1.Cl. The normalized spacial score (nSPS) is 17.8. The summed E-state index contributed by atoms with van der Waals surface area (Å²) in [5.41, 5.74) is 6.79. The Morgan fingerprint density at radius 1 is 1.57 bits per heavy atom. The number of aromatic amines is 1. The maximum Gasteiger partial charge on any atom is 0.274 e. The largest absolute Gasteiger partial charge is 0.460 e. The van der Waals surface area contributed by atoms with Gasteiger partial charge in [0.25, 0.3) is 5.91 Å². The van der Waals surface area contributed by atoms with Crippen LogP contribution in [0.4, 0.5) is 0 Å². The fourth-order valence-corrected chi connectivity index (χ4v) is 2.51. The zero-order valence-corrected chi connectivity index (χ0v) is 12.7. The van der Waals surface area contributed by atoms with Crippen LogP contribution in [-0.2, 0) is 0 Å². The molecule has 1 saturated heterocycles. The molecule has 1 amide bonds. The number of likely N-dealkylation sites (tertiary alicyclic amines) is 1. The van der Waals surface area contributed by atoms with Crippen LogP contribution in [0.2, 0.25) is 0 Å². The van der Waals surface area contributed by atoms with Gasteiger partial charge in [-0.1, -0.05) is 0 Å². The van der Waals surface area contributed by atoms with Gasteiger partial charge in [-0.3, -0.25) is 9.89 Å². The Morgan fingerprint density at radius 2 is 2.38 bits per heavy atom. The molecule has 1 fully saturated rings. The lowest BCUT2D eigenvalue weighted by Crippen LogP contribution is -2.30. The molecule has 0 aromatic carbocycles. The van der Waals surface area contributed by atoms with Crippen LogP contribution in [0.3, 0.4) is 0 Å². The smallest absolute Gasteiger partial charge is 0.274 e. The van der Waals surface area contributed by atoms with Gasteiger partial charge in [0, 0.05) is 19.2 Å². The van der Waals surface area contributed by atoms with Gasteiger partial charge in [0.15, 0.2) is 11.5 Å². The molecule has 114 valence electrons. The van der Waals surface area contributed by atoms with E-state index in [1.807, 2.05) is 24.0 Å². The molecule has 3 heterocycles. The molecule has 1 atom stereocenters. The van der Waals surface area contributed by atoms with E-state index in [0.29, 0.717) is 23.9 Å². The van der Waals surface area contributed by atoms with Gasteiger partial charge in [-0.15, -0.1) is 12.4 Å². The number of hydrogen-bond donors (Lipinski definition) is 2. The number of furan rings is 1. The van der Waals surface area contributed by atoms with Gasteiger partial charge in [0.05, 0.1) is 0 Å². The van der Waals surface area contributed by atoms with Gasteiger partial charge in [0.2, 0.25) is 0 Å². The summed E-state index contributed by atoms with van der Waals surface area (Å²) in [7, 11) is 0. The number of hydrogen-bond acceptors (Lipinski definition) is 4. The number of carbonyl (C=O) groups is 1. The highest BCUT2D eigenvalue weighted by Crippen LogP contribution is 2.22. The number of halogens is 1. The highest BCUT2D eigenvalue weighted by atomic mass is 35.5. The first-order valence-corrected chi connectivity index (χ1v) is 6.79. The third kappa shape index (κ3) is 3.11. The zero-order chi connectivity index (χ0) is 14.1. The van der Waals surface area contributed by atoms with Crippen LogP contribution in [0.1, 0.15) is 22.7 Å². The van der Waals surface area contributed by atoms with Crippen molar-refractivity contribution in [1.29, 1.82) is 0 Å². The minimum atomic E-state index is -0.0493. The van der Waals surface area contributed by atoms with Crippen molar-refractivity contribution in [3.63, 3.8) is 0 Å². The van der Waals surface area contributed by atoms with Crippen molar-refractivity contribution in [2.75, 3.05) is 19.6 Å². The van der Waals surface area contributed by atoms with E-state index in [0.717, 1.165) is 31.0 Å². The Kier molecular flexibility index (Phi) is 4.69. The summed E-state index contributed by atoms with van der Waals surface area (Å²) in [6, 6.07) is 5.47. The van der Waals surface area contributed by atoms with Crippen molar-refractivity contribution in [2.45, 2.75) is 13.3 Å². The topological polar surface area (TPSA) is 88.1 Å². The molecule has 0 radical (unpaired) electrons. The molecule has 0 saturated carbocycles. The average Bonchev–Trinajstić information content (AvgIpc) is 3.17. The second-order valence-corrected chi connectivity index (χ2v) is 5.22. The number of aryl methyl sites for hydroxylation is 1. The first kappa shape index (κ1) is 15.6. The quantitative estimate of drug-likeness (QED) is 0.905. The molecule has 7 heteroatoms. The lowest BCUT2D eigenvalue weighted by atomic mass is 10.1. The van der Waals surface area contributed by atoms with Crippen LogP contribution in [0.15, 0.2) is 22.6 Å². The van der Waals surface area contributed by atoms with E-state index in [2.05, 4.69) is 10.2 Å². The number of carbonyl (C=O) groups excluding carboxylic acids is 1. The third-order valence-electron chi connectivity index (χ3n) is 3.71. The van der Waals surface area contributed by atoms with E-state index in [9.17, 15) is 4.79 Å². The Balaban J connectivity index is 0.00000161. The van der Waals surface area contributed by atoms with Gasteiger partial charge in [-0.25, -0.2) is 0 Å². The summed E-state index contributed by atoms with van der Waals surface area (Å²) >= 11 is 0. The fraction of sp³-hybridized carbons (Fsp3) is 0.429. The van der Waals surface area contributed by atoms with E-state index in [-0.39, 0.29) is 18.3 Å². The minimum Gasteiger partial charge on any atom is -0.460 e. The van der Waals surface area contributed by atoms with Gasteiger partial charge >= 0.3 is 0 Å². The molecular weight excluding hydrogens is 292 g/mol. The predicted molar refractivity (Wildman–Crippen MR) is 81.3 cm³/mol. The maximum atomic E-state index is 12.3. The average molecular weight is 311 g/mol. The molecule has 0 aliphatic carbocycles. The number of nitrogens with two attached hydrogens (primary N) is 1. The summed E-state index contributed by atoms with van der Waals surface area (Å²) in [6.45, 7) is 3.98. The van der Waals surface area contributed by atoms with Crippen molar-refractivity contribution in [3.8, 4) is 11.5 Å². The van der Waals surface area contributed by atoms with E-state index in [4.69, 9.17) is 10.2 Å². The lowest BCUT2D eigenvalue weighted by Gasteiger charge is -2.14. The van der Waals surface area contributed by atoms with E-state index < -0.39 is 0 Å². The summed E-state index contributed by atoms with van der Waals surface area (Å²) < 4.78 is 5.51. The fourth-order valence-electron chi connectivity index (χ4n) is 2.51. The molecule has 3 N–H and O–H groups in total. The van der Waals surface area contributed by atoms with E-state index in [1.165, 1.54) is 0 Å². The first-order valence-electron chi connectivity index (χ1n) is 6.79. The maximum absolute atomic E-state index is 12.3. The molecule has 1 aliphatic heterocycles. The van der Waals surface area contributed by atoms with E-state index >= 15 is 0 Å². The minimum absolute atomic E-state index is 0. The van der Waals surface area contributed by atoms with Crippen LogP contribution >= 0.6 is 12.4 Å². The number of rotatable bonds is 3. The van der Waals surface area contributed by atoms with Crippen molar-refractivity contribution in [2.24, 2.45) is 11.7 Å². The molecule has 1 aliphatic rings. The van der Waals surface area contributed by atoms with Crippen molar-refractivity contribution in [3.05, 3.63) is 29.7 Å². The van der Waals surface area contributed by atoms with Crippen LogP contribution in [-0.4, -0.2) is 40.6 Å². The molecule has 3 rings (SSSR count). The number of amides is 1. The number of nitrogens with one attached hydrogen (secondary N) is 1. The van der Waals surface area contributed by atoms with Crippen LogP contribution in [0, 0.1) is 12.8 Å². The molecule has 2 aromatic rings. The van der Waals surface area contributed by atoms with Gasteiger partial charge in [0.1, 0.15) is 11.5 Å². The molecule has 0 spiro atoms. The molecule has 21 heavy (non-hydrogen) atoms. The monoisotopic (exact) mass is 310 g/mol. The van der Waals surface area contributed by atoms with Crippen LogP contribution < -0.4 is 5.73 Å². The molecular formula is C14H19ClN4O2. The van der Waals surface area contributed by atoms with E-state index in [1.54, 1.807) is 6.07 Å². The van der Waals surface area contributed by atoms with Crippen LogP contribution in [0.5, 0.6) is 0 Å². The zero-order valence-electron chi connectivity index (χ0n) is 11.8. The second-order valence-electron chi connectivity index (χ2n) is 5.22. The van der Waals surface area contributed by atoms with Crippen molar-refractivity contribution in [1.82, 2.24) is 15.1 Å². The number of H-pyrrole nitrogens is 1. The summed E-state index contributed by atoms with van der Waals surface area (Å²) in [5.74, 6) is 1.87. The van der Waals surface area contributed by atoms with Crippen molar-refractivity contribution >= 4 is 18.3 Å². The van der Waals surface area contributed by atoms with Gasteiger partial charge < -0.3 is 15.1 Å². The molecule has 1 unspecified atom stereocenters. The Hall–Kier alpha value is -1.79. The van der Waals surface area contributed by atoms with Gasteiger partial charge in [-0.2, -0.15) is 5.10 Å². The number of nitrogens with zero attached hydrogens (tertiary/aromatic N) is 2. The Labute approximate surface area is 129 Å². The van der Waals surface area contributed by atoms with Crippen LogP contribution in [0.25, 0.3) is 11.5 Å². The Bertz CT molecular complexity index is 622. The molecule has 6 nitrogen and oxygen atoms in total. The first-order chi connectivity index (χ1) is 9.67.